The molecule has 2 heterocycles. The third-order valence-corrected chi connectivity index (χ3v) is 6.46. The number of rotatable bonds is 4. The number of likely N-dealkylation sites (tertiary alicyclic amines) is 2. The third-order valence-electron chi connectivity index (χ3n) is 6.46. The molecule has 2 saturated heterocycles. The molecule has 30 heavy (non-hydrogen) atoms. The maximum absolute atomic E-state index is 12.9. The van der Waals surface area contributed by atoms with Crippen molar-refractivity contribution in [3.63, 3.8) is 0 Å². The Hall–Kier alpha value is -1.78. The molecule has 2 aromatic rings. The third kappa shape index (κ3) is 5.47. The molecular weight excluding hydrogens is 396 g/mol. The highest BCUT2D eigenvalue weighted by molar-refractivity contribution is 5.98. The van der Waals surface area contributed by atoms with Gasteiger partial charge < -0.3 is 14.5 Å². The zero-order valence-electron chi connectivity index (χ0n) is 18.3. The molecule has 0 unspecified atom stereocenters. The summed E-state index contributed by atoms with van der Waals surface area (Å²) in [4.78, 5) is 17.4. The van der Waals surface area contributed by atoms with Crippen LogP contribution in [0, 0.1) is 0 Å². The number of ether oxygens (including phenoxy) is 1. The fourth-order valence-electron chi connectivity index (χ4n) is 4.59. The fourth-order valence-corrected chi connectivity index (χ4v) is 4.59. The molecule has 0 aromatic heterocycles. The van der Waals surface area contributed by atoms with Crippen LogP contribution in [-0.2, 0) is 0 Å². The van der Waals surface area contributed by atoms with E-state index in [2.05, 4.69) is 43.0 Å². The number of hydrogen-bond donors (Lipinski definition) is 0. The van der Waals surface area contributed by atoms with Crippen LogP contribution in [0.4, 0.5) is 0 Å². The van der Waals surface area contributed by atoms with Crippen molar-refractivity contribution in [1.29, 1.82) is 0 Å². The fraction of sp³-hybridized carbons (Fsp3) is 0.560. The average Bonchev–Trinajstić information content (AvgIpc) is 3.03. The van der Waals surface area contributed by atoms with Crippen molar-refractivity contribution in [3.05, 3.63) is 42.0 Å². The molecular formula is C25H35ClN2O2. The predicted octanol–water partition coefficient (Wildman–Crippen LogP) is 5.53. The van der Waals surface area contributed by atoms with E-state index in [0.29, 0.717) is 12.1 Å². The van der Waals surface area contributed by atoms with Crippen molar-refractivity contribution in [2.45, 2.75) is 64.5 Å². The lowest BCUT2D eigenvalue weighted by Gasteiger charge is -2.34. The lowest BCUT2D eigenvalue weighted by atomic mass is 10.0. The molecule has 4 rings (SSSR count). The molecule has 0 atom stereocenters. The Morgan fingerprint density at radius 1 is 0.900 bits per heavy atom. The zero-order valence-corrected chi connectivity index (χ0v) is 19.1. The smallest absolute Gasteiger partial charge is 0.253 e. The Balaban J connectivity index is 0.00000256. The zero-order chi connectivity index (χ0) is 20.2. The van der Waals surface area contributed by atoms with Crippen molar-refractivity contribution in [3.8, 4) is 5.75 Å². The quantitative estimate of drug-likeness (QED) is 0.639. The molecule has 0 radical (unpaired) electrons. The lowest BCUT2D eigenvalue weighted by Crippen LogP contribution is -2.41. The molecule has 2 aliphatic heterocycles. The Morgan fingerprint density at radius 2 is 1.53 bits per heavy atom. The van der Waals surface area contributed by atoms with E-state index in [1.807, 2.05) is 17.0 Å². The normalized spacial score (nSPS) is 18.8. The van der Waals surface area contributed by atoms with Gasteiger partial charge in [0.15, 0.2) is 0 Å². The highest BCUT2D eigenvalue weighted by Gasteiger charge is 2.22. The van der Waals surface area contributed by atoms with Crippen LogP contribution in [0.25, 0.3) is 10.8 Å². The van der Waals surface area contributed by atoms with Gasteiger partial charge >= 0.3 is 0 Å². The Labute approximate surface area is 187 Å². The van der Waals surface area contributed by atoms with E-state index in [9.17, 15) is 4.79 Å². The summed E-state index contributed by atoms with van der Waals surface area (Å²) in [5.74, 6) is 1.11. The van der Waals surface area contributed by atoms with E-state index < -0.39 is 0 Å². The molecule has 0 saturated carbocycles. The molecule has 2 fully saturated rings. The first-order chi connectivity index (χ1) is 14.1. The SMILES string of the molecule is CC(C)N1CCC(Oc2ccc3cc(C(=O)N4CCCCCC4)ccc3c2)CC1.Cl. The number of piperidine rings is 1. The van der Waals surface area contributed by atoms with Gasteiger partial charge in [0.2, 0.25) is 0 Å². The van der Waals surface area contributed by atoms with Crippen molar-refractivity contribution in [2.75, 3.05) is 26.2 Å². The highest BCUT2D eigenvalue weighted by Crippen LogP contribution is 2.26. The van der Waals surface area contributed by atoms with Crippen LogP contribution in [0.5, 0.6) is 5.75 Å². The van der Waals surface area contributed by atoms with Gasteiger partial charge in [-0.1, -0.05) is 25.0 Å². The van der Waals surface area contributed by atoms with E-state index in [4.69, 9.17) is 4.74 Å². The van der Waals surface area contributed by atoms with Crippen LogP contribution >= 0.6 is 12.4 Å². The minimum atomic E-state index is 0. The second kappa shape index (κ2) is 10.5. The molecule has 0 aliphatic carbocycles. The number of nitrogens with zero attached hydrogens (tertiary/aromatic N) is 2. The van der Waals surface area contributed by atoms with Crippen molar-refractivity contribution in [1.82, 2.24) is 9.80 Å². The van der Waals surface area contributed by atoms with E-state index in [1.54, 1.807) is 0 Å². The first kappa shape index (κ1) is 22.9. The molecule has 4 nitrogen and oxygen atoms in total. The van der Waals surface area contributed by atoms with Crippen LogP contribution in [-0.4, -0.2) is 54.0 Å². The van der Waals surface area contributed by atoms with Gasteiger partial charge in [0.25, 0.3) is 5.91 Å². The second-order valence-corrected chi connectivity index (χ2v) is 8.88. The number of benzene rings is 2. The molecule has 164 valence electrons. The second-order valence-electron chi connectivity index (χ2n) is 8.88. The Bertz CT molecular complexity index is 838. The van der Waals surface area contributed by atoms with Gasteiger partial charge in [-0.3, -0.25) is 4.79 Å². The van der Waals surface area contributed by atoms with Gasteiger partial charge in [0, 0.05) is 37.8 Å². The highest BCUT2D eigenvalue weighted by atomic mass is 35.5. The van der Waals surface area contributed by atoms with E-state index in [1.165, 1.54) is 12.8 Å². The van der Waals surface area contributed by atoms with Gasteiger partial charge in [0.1, 0.15) is 11.9 Å². The van der Waals surface area contributed by atoms with Gasteiger partial charge in [0.05, 0.1) is 0 Å². The first-order valence-corrected chi connectivity index (χ1v) is 11.3. The average molecular weight is 431 g/mol. The van der Waals surface area contributed by atoms with Crippen LogP contribution in [0.15, 0.2) is 36.4 Å². The van der Waals surface area contributed by atoms with Crippen molar-refractivity contribution >= 4 is 29.1 Å². The van der Waals surface area contributed by atoms with Crippen LogP contribution in [0.2, 0.25) is 0 Å². The van der Waals surface area contributed by atoms with Crippen molar-refractivity contribution in [2.24, 2.45) is 0 Å². The number of carbonyl (C=O) groups is 1. The summed E-state index contributed by atoms with van der Waals surface area (Å²) in [7, 11) is 0. The topological polar surface area (TPSA) is 32.8 Å². The molecule has 0 bridgehead atoms. The number of carbonyl (C=O) groups excluding carboxylic acids is 1. The summed E-state index contributed by atoms with van der Waals surface area (Å²) >= 11 is 0. The van der Waals surface area contributed by atoms with Crippen molar-refractivity contribution < 1.29 is 9.53 Å². The van der Waals surface area contributed by atoms with Gasteiger partial charge in [-0.2, -0.15) is 0 Å². The summed E-state index contributed by atoms with van der Waals surface area (Å²) in [6.45, 7) is 8.51. The first-order valence-electron chi connectivity index (χ1n) is 11.3. The summed E-state index contributed by atoms with van der Waals surface area (Å²) in [5.41, 5.74) is 0.800. The molecule has 0 N–H and O–H groups in total. The monoisotopic (exact) mass is 430 g/mol. The summed E-state index contributed by atoms with van der Waals surface area (Å²) in [5, 5.41) is 2.24. The maximum atomic E-state index is 12.9. The van der Waals surface area contributed by atoms with E-state index in [-0.39, 0.29) is 18.3 Å². The van der Waals surface area contributed by atoms with Crippen LogP contribution in [0.1, 0.15) is 62.7 Å². The van der Waals surface area contributed by atoms with Crippen LogP contribution < -0.4 is 4.74 Å². The minimum absolute atomic E-state index is 0. The van der Waals surface area contributed by atoms with Gasteiger partial charge in [-0.15, -0.1) is 12.4 Å². The molecule has 0 spiro atoms. The lowest BCUT2D eigenvalue weighted by molar-refractivity contribution is 0.0761. The summed E-state index contributed by atoms with van der Waals surface area (Å²) < 4.78 is 6.28. The number of fused-ring (bicyclic) bond motifs is 1. The number of halogens is 1. The summed E-state index contributed by atoms with van der Waals surface area (Å²) in [6, 6.07) is 12.9. The van der Waals surface area contributed by atoms with Crippen LogP contribution in [0.3, 0.4) is 0 Å². The number of hydrogen-bond acceptors (Lipinski definition) is 3. The van der Waals surface area contributed by atoms with Gasteiger partial charge in [-0.25, -0.2) is 0 Å². The summed E-state index contributed by atoms with van der Waals surface area (Å²) in [6.07, 6.45) is 7.18. The number of amides is 1. The largest absolute Gasteiger partial charge is 0.490 e. The Morgan fingerprint density at radius 3 is 2.20 bits per heavy atom. The minimum Gasteiger partial charge on any atom is -0.490 e. The molecule has 5 heteroatoms. The standard InChI is InChI=1S/C25H34N2O2.ClH/c1-19(2)26-15-11-23(12-16-26)29-24-10-9-20-17-22(8-7-21(20)18-24)25(28)27-13-5-3-4-6-14-27;/h7-10,17-19,23H,3-6,11-16H2,1-2H3;1H. The molecule has 1 amide bonds. The van der Waals surface area contributed by atoms with Gasteiger partial charge in [-0.05, 0) is 74.6 Å². The molecule has 2 aromatic carbocycles. The predicted molar refractivity (Wildman–Crippen MR) is 126 cm³/mol. The maximum Gasteiger partial charge on any atom is 0.253 e. The molecule has 2 aliphatic rings. The van der Waals surface area contributed by atoms with E-state index >= 15 is 0 Å². The van der Waals surface area contributed by atoms with E-state index in [0.717, 1.165) is 73.9 Å². The Kier molecular flexibility index (Phi) is 8.01.